The Hall–Kier alpha value is -4.32. The van der Waals surface area contributed by atoms with Crippen molar-refractivity contribution in [1.82, 2.24) is 20.1 Å². The van der Waals surface area contributed by atoms with Crippen LogP contribution in [-0.2, 0) is 61.8 Å². The molecule has 4 rings (SSSR count). The van der Waals surface area contributed by atoms with Crippen LogP contribution in [-0.4, -0.2) is 188 Å². The quantitative estimate of drug-likeness (QED) is 0.0982. The number of hydrogen-bond acceptors (Lipinski definition) is 20. The number of nitrogen functional groups attached to an aromatic ring is 1. The number of methoxy groups -OCH3 is 1. The Balaban J connectivity index is 1.70. The first kappa shape index (κ1) is 60.2. The van der Waals surface area contributed by atoms with Crippen molar-refractivity contribution in [3.63, 3.8) is 0 Å². The molecule has 0 aromatic carbocycles. The molecule has 21 heteroatoms. The highest BCUT2D eigenvalue weighted by Crippen LogP contribution is 2.39. The first-order valence-electron chi connectivity index (χ1n) is 25.4. The average molecular weight is 1020 g/mol. The number of cyclic esters (lactones) is 1. The number of nitrogens with one attached hydrogen (secondary N) is 1. The van der Waals surface area contributed by atoms with Gasteiger partial charge in [-0.05, 0) is 104 Å². The summed E-state index contributed by atoms with van der Waals surface area (Å²) < 4.78 is 56.2. The topological polar surface area (TPSA) is 266 Å². The molecule has 72 heavy (non-hydrogen) atoms. The zero-order chi connectivity index (χ0) is 53.3. The number of β-amino-alcohol motifs (C(OH)–C–C–N with tert-alkyl or cyclic N) is 1. The van der Waals surface area contributed by atoms with Crippen LogP contribution in [0.15, 0.2) is 24.4 Å². The number of hydrogen-bond donors (Lipinski definition) is 4. The number of pyridine rings is 1. The van der Waals surface area contributed by atoms with E-state index in [-0.39, 0.29) is 32.1 Å². The number of esters is 3. The van der Waals surface area contributed by atoms with Crippen molar-refractivity contribution in [2.75, 3.05) is 53.6 Å². The highest BCUT2D eigenvalue weighted by molar-refractivity contribution is 5.73. The molecule has 0 radical (unpaired) electrons. The fraction of sp³-hybridized carbons (Fsp3) is 0.765. The predicted molar refractivity (Wildman–Crippen MR) is 264 cm³/mol. The van der Waals surface area contributed by atoms with Gasteiger partial charge in [-0.3, -0.25) is 14.4 Å². The van der Waals surface area contributed by atoms with E-state index >= 15 is 0 Å². The van der Waals surface area contributed by atoms with Gasteiger partial charge >= 0.3 is 24.0 Å². The molecule has 0 aliphatic carbocycles. The molecule has 16 atom stereocenters. The zero-order valence-electron chi connectivity index (χ0n) is 44.1. The van der Waals surface area contributed by atoms with Crippen LogP contribution < -0.4 is 11.1 Å². The molecule has 1 amide bonds. The molecule has 3 fully saturated rings. The monoisotopic (exact) mass is 1020 g/mol. The number of nitrogens with two attached hydrogens (primary N) is 1. The smallest absolute Gasteiger partial charge is 0.407 e. The molecule has 0 saturated carbocycles. The van der Waals surface area contributed by atoms with E-state index in [1.165, 1.54) is 7.11 Å². The van der Waals surface area contributed by atoms with Crippen molar-refractivity contribution in [3.05, 3.63) is 30.0 Å². The Bertz CT molecular complexity index is 1890. The molecule has 408 valence electrons. The lowest BCUT2D eigenvalue weighted by Crippen LogP contribution is -2.66. The van der Waals surface area contributed by atoms with E-state index in [2.05, 4.69) is 10.3 Å². The van der Waals surface area contributed by atoms with Crippen LogP contribution in [0.1, 0.15) is 112 Å². The molecule has 0 unspecified atom stereocenters. The van der Waals surface area contributed by atoms with Gasteiger partial charge in [-0.15, -0.1) is 0 Å². The third-order valence-electron chi connectivity index (χ3n) is 13.6. The summed E-state index contributed by atoms with van der Waals surface area (Å²) in [7, 11) is 6.77. The van der Waals surface area contributed by atoms with E-state index in [1.807, 2.05) is 37.1 Å². The molecule has 5 N–H and O–H groups in total. The Labute approximate surface area is 425 Å². The van der Waals surface area contributed by atoms with Gasteiger partial charge in [0.15, 0.2) is 24.3 Å². The van der Waals surface area contributed by atoms with Gasteiger partial charge < -0.3 is 78.5 Å². The van der Waals surface area contributed by atoms with Crippen molar-refractivity contribution in [1.29, 1.82) is 0 Å². The van der Waals surface area contributed by atoms with Crippen molar-refractivity contribution >= 4 is 42.2 Å². The van der Waals surface area contributed by atoms with Gasteiger partial charge in [-0.25, -0.2) is 9.78 Å². The van der Waals surface area contributed by atoms with E-state index in [0.29, 0.717) is 44.7 Å². The molecule has 3 aliphatic heterocycles. The van der Waals surface area contributed by atoms with Crippen LogP contribution in [0, 0.1) is 11.8 Å². The minimum Gasteiger partial charge on any atom is -0.462 e. The number of aromatic nitrogens is 1. The lowest BCUT2D eigenvalue weighted by Gasteiger charge is -2.50. The number of amides is 1. The van der Waals surface area contributed by atoms with Crippen LogP contribution in [0.25, 0.3) is 6.08 Å². The summed E-state index contributed by atoms with van der Waals surface area (Å²) >= 11 is 0. The van der Waals surface area contributed by atoms with Crippen LogP contribution in [0.5, 0.6) is 0 Å². The maximum atomic E-state index is 14.1. The Morgan fingerprint density at radius 1 is 1.00 bits per heavy atom. The molecule has 0 spiro atoms. The molecule has 1 aromatic heterocycles. The van der Waals surface area contributed by atoms with Crippen molar-refractivity contribution in [2.24, 2.45) is 11.8 Å². The number of alkyl carbamates (subject to hydrolysis) is 1. The highest BCUT2D eigenvalue weighted by Gasteiger charge is 2.55. The second-order valence-electron chi connectivity index (χ2n) is 19.7. The van der Waals surface area contributed by atoms with Gasteiger partial charge in [0.1, 0.15) is 42.6 Å². The van der Waals surface area contributed by atoms with Crippen molar-refractivity contribution in [2.45, 2.75) is 192 Å². The van der Waals surface area contributed by atoms with Crippen LogP contribution in [0.4, 0.5) is 10.6 Å². The number of rotatable bonds is 17. The highest BCUT2D eigenvalue weighted by atomic mass is 16.7. The fourth-order valence-electron chi connectivity index (χ4n) is 9.80. The second-order valence-corrected chi connectivity index (χ2v) is 19.7. The average Bonchev–Trinajstić information content (AvgIpc) is 3.31. The van der Waals surface area contributed by atoms with Gasteiger partial charge in [0.2, 0.25) is 0 Å². The minimum absolute atomic E-state index is 0.0329. The summed E-state index contributed by atoms with van der Waals surface area (Å²) in [5.41, 5.74) is 5.20. The zero-order valence-corrected chi connectivity index (χ0v) is 44.1. The van der Waals surface area contributed by atoms with Gasteiger partial charge in [0, 0.05) is 58.5 Å². The normalized spacial score (nSPS) is 34.8. The lowest BCUT2D eigenvalue weighted by atomic mass is 9.82. The van der Waals surface area contributed by atoms with Crippen LogP contribution in [0.3, 0.4) is 0 Å². The van der Waals surface area contributed by atoms with Crippen LogP contribution >= 0.6 is 0 Å². The molecule has 21 nitrogen and oxygen atoms in total. The molecular weight excluding hydrogens is 939 g/mol. The molecular formula is C51H83N5O16. The predicted octanol–water partition coefficient (Wildman–Crippen LogP) is 3.79. The largest absolute Gasteiger partial charge is 0.462 e. The van der Waals surface area contributed by atoms with Gasteiger partial charge in [-0.1, -0.05) is 32.9 Å². The number of carbonyl (C=O) groups is 5. The Morgan fingerprint density at radius 2 is 1.72 bits per heavy atom. The number of ether oxygens (including phenoxy) is 9. The summed E-state index contributed by atoms with van der Waals surface area (Å²) in [6.45, 7) is 13.2. The van der Waals surface area contributed by atoms with Gasteiger partial charge in [0.25, 0.3) is 0 Å². The number of aliphatic hydroxyl groups excluding tert-OH is 2. The summed E-state index contributed by atoms with van der Waals surface area (Å²) in [4.78, 5) is 73.2. The Morgan fingerprint density at radius 3 is 2.35 bits per heavy atom. The summed E-state index contributed by atoms with van der Waals surface area (Å²) in [5.74, 6) is -2.55. The number of aliphatic hydroxyl groups is 2. The number of likely N-dealkylation sites (N-methyl/N-ethyl adjacent to an activating group) is 2. The third kappa shape index (κ3) is 17.4. The maximum Gasteiger partial charge on any atom is 0.407 e. The van der Waals surface area contributed by atoms with Gasteiger partial charge in [-0.2, -0.15) is 0 Å². The standard InChI is InChI=1S/C51H83N5O16/c1-12-39(59)68-37-26-41(61)67-35(18-15-17-33-20-21-38(52)54-28-33)19-16-23-56(10)29-36(58)30(4)25-34(22-24-57)46(47(37)64-11)70-49-44(62)43(55(8)9)45(31(5)66-49)69-42-27-51(7,72-40(60)13-2)48(32(6)65-42)71-50(63)53-14-3/h15,17,20-21,24,28,30-32,34-37,42-49,58,62H,12-14,16,18-19,22-23,25-27,29H2,1-11H3,(H2,52,54)(H,53,63)/b17-15+/t30-,31-,32+,34+,35+,36+,37-,42+,43-,44-,45-,46+,47+,48+,49+,51-/m1/s1. The van der Waals surface area contributed by atoms with E-state index < -0.39 is 128 Å². The van der Waals surface area contributed by atoms with E-state index in [0.717, 1.165) is 11.8 Å². The summed E-state index contributed by atoms with van der Waals surface area (Å²) in [6.07, 6.45) is -6.00. The number of carbonyl (C=O) groups excluding carboxylic acids is 5. The lowest BCUT2D eigenvalue weighted by molar-refractivity contribution is -0.344. The SMILES string of the molecule is CCNC(=O)O[C@H]1[C@H](C)O[C@@H](O[C@H]2[C@H](N(C)C)[C@@H](O)[C@H](O[C@H]3[C@@H](CC=O)C[C@@H](C)[C@@H](O)CN(C)CCC[C@H](C/C=C/c4ccc(N)nc4)OC(=O)C[C@@H](OC(=O)CC)[C@@H]3OC)O[C@@H]2C)C[C@@]1(C)OC(=O)CC. The number of nitrogens with zero attached hydrogens (tertiary/aromatic N) is 3. The molecule has 0 bridgehead atoms. The summed E-state index contributed by atoms with van der Waals surface area (Å²) in [5, 5.41) is 26.6. The Kier molecular flexibility index (Phi) is 24.2. The third-order valence-corrected chi connectivity index (χ3v) is 13.6. The number of aldehydes is 1. The first-order chi connectivity index (χ1) is 34.2. The number of anilines is 1. The molecule has 3 saturated heterocycles. The van der Waals surface area contributed by atoms with Crippen LogP contribution in [0.2, 0.25) is 0 Å². The van der Waals surface area contributed by atoms with E-state index in [4.69, 9.17) is 48.4 Å². The minimum atomic E-state index is -1.45. The van der Waals surface area contributed by atoms with Crippen molar-refractivity contribution < 1.29 is 76.8 Å². The molecule has 1 aromatic rings. The van der Waals surface area contributed by atoms with E-state index in [1.54, 1.807) is 72.8 Å². The van der Waals surface area contributed by atoms with Crippen molar-refractivity contribution in [3.8, 4) is 0 Å². The second kappa shape index (κ2) is 28.9. The van der Waals surface area contributed by atoms with E-state index in [9.17, 15) is 34.2 Å². The fourth-order valence-corrected chi connectivity index (χ4v) is 9.80. The first-order valence-corrected chi connectivity index (χ1v) is 25.4. The molecule has 3 aliphatic rings. The summed E-state index contributed by atoms with van der Waals surface area (Å²) in [6, 6.07) is 2.67. The molecule has 4 heterocycles. The maximum absolute atomic E-state index is 14.1. The van der Waals surface area contributed by atoms with Gasteiger partial charge in [0.05, 0.1) is 36.9 Å².